The summed E-state index contributed by atoms with van der Waals surface area (Å²) in [5, 5.41) is 6.24. The van der Waals surface area contributed by atoms with E-state index in [0.29, 0.717) is 13.2 Å². The molecular formula is C26H28N4O2S. The van der Waals surface area contributed by atoms with Gasteiger partial charge in [0.2, 0.25) is 0 Å². The van der Waals surface area contributed by atoms with E-state index in [-0.39, 0.29) is 5.91 Å². The van der Waals surface area contributed by atoms with E-state index in [1.54, 1.807) is 11.3 Å². The Hall–Kier alpha value is -3.16. The van der Waals surface area contributed by atoms with Crippen LogP contribution in [0, 0.1) is 0 Å². The summed E-state index contributed by atoms with van der Waals surface area (Å²) in [7, 11) is 0. The van der Waals surface area contributed by atoms with Crippen LogP contribution in [-0.2, 0) is 0 Å². The number of ether oxygens (including phenoxy) is 1. The fourth-order valence-corrected chi connectivity index (χ4v) is 5.36. The van der Waals surface area contributed by atoms with Gasteiger partial charge in [0.25, 0.3) is 5.91 Å². The summed E-state index contributed by atoms with van der Waals surface area (Å²) >= 11 is 1.72. The maximum absolute atomic E-state index is 12.7. The van der Waals surface area contributed by atoms with Crippen molar-refractivity contribution < 1.29 is 9.53 Å². The number of amides is 1. The first-order valence-electron chi connectivity index (χ1n) is 11.5. The van der Waals surface area contributed by atoms with Crippen molar-refractivity contribution >= 4 is 43.4 Å². The van der Waals surface area contributed by atoms with Gasteiger partial charge in [-0.2, -0.15) is 0 Å². The number of carbonyl (C=O) groups excluding carboxylic acids is 1. The van der Waals surface area contributed by atoms with Crippen LogP contribution < -0.4 is 15.0 Å². The predicted octanol–water partition coefficient (Wildman–Crippen LogP) is 4.40. The molecule has 0 spiro atoms. The molecule has 3 aromatic carbocycles. The van der Waals surface area contributed by atoms with E-state index in [9.17, 15) is 4.79 Å². The van der Waals surface area contributed by atoms with Crippen LogP contribution in [0.25, 0.3) is 21.0 Å². The first-order valence-corrected chi connectivity index (χ1v) is 12.3. The smallest absolute Gasteiger partial charge is 0.251 e. The minimum Gasteiger partial charge on any atom is -0.492 e. The number of nitrogens with one attached hydrogen (secondary N) is 1. The minimum atomic E-state index is -0.00925. The van der Waals surface area contributed by atoms with Crippen molar-refractivity contribution in [2.45, 2.75) is 6.92 Å². The number of thiazole rings is 1. The molecule has 33 heavy (non-hydrogen) atoms. The topological polar surface area (TPSA) is 57.7 Å². The zero-order chi connectivity index (χ0) is 22.6. The van der Waals surface area contributed by atoms with Gasteiger partial charge in [-0.15, -0.1) is 0 Å². The van der Waals surface area contributed by atoms with E-state index >= 15 is 0 Å². The zero-order valence-electron chi connectivity index (χ0n) is 18.8. The summed E-state index contributed by atoms with van der Waals surface area (Å²) in [4.78, 5) is 22.4. The van der Waals surface area contributed by atoms with Crippen molar-refractivity contribution in [3.05, 3.63) is 66.2 Å². The Morgan fingerprint density at radius 3 is 2.67 bits per heavy atom. The van der Waals surface area contributed by atoms with Gasteiger partial charge in [0.1, 0.15) is 11.3 Å². The van der Waals surface area contributed by atoms with Gasteiger partial charge in [0, 0.05) is 44.8 Å². The van der Waals surface area contributed by atoms with E-state index in [1.807, 2.05) is 61.5 Å². The molecule has 4 aromatic rings. The fourth-order valence-electron chi connectivity index (χ4n) is 4.33. The Bertz CT molecular complexity index is 1260. The normalized spacial score (nSPS) is 14.6. The Morgan fingerprint density at radius 1 is 1.03 bits per heavy atom. The second-order valence-corrected chi connectivity index (χ2v) is 9.15. The highest BCUT2D eigenvalue weighted by molar-refractivity contribution is 7.22. The number of para-hydroxylation sites is 1. The third kappa shape index (κ3) is 4.65. The second-order valence-electron chi connectivity index (χ2n) is 8.14. The lowest BCUT2D eigenvalue weighted by molar-refractivity contribution is 0.0949. The Labute approximate surface area is 197 Å². The number of fused-ring (bicyclic) bond motifs is 2. The summed E-state index contributed by atoms with van der Waals surface area (Å²) in [6.07, 6.45) is 0. The van der Waals surface area contributed by atoms with Gasteiger partial charge >= 0.3 is 0 Å². The summed E-state index contributed by atoms with van der Waals surface area (Å²) in [6.45, 7) is 7.90. The molecule has 1 aliphatic rings. The molecule has 2 heterocycles. The van der Waals surface area contributed by atoms with E-state index < -0.39 is 0 Å². The molecule has 0 unspecified atom stereocenters. The number of aromatic nitrogens is 1. The standard InChI is InChI=1S/C26H28N4O2S/c1-2-32-22-11-6-12-23-24(22)28-26(33-23)30-17-15-29(16-18-30)14-13-27-25(31)21-10-5-8-19-7-3-4-9-20(19)21/h3-12H,2,13-18H2,1H3,(H,27,31). The van der Waals surface area contributed by atoms with Gasteiger partial charge in [0.15, 0.2) is 5.13 Å². The van der Waals surface area contributed by atoms with Crippen LogP contribution >= 0.6 is 11.3 Å². The molecule has 1 N–H and O–H groups in total. The van der Waals surface area contributed by atoms with Gasteiger partial charge in [-0.25, -0.2) is 4.98 Å². The molecule has 6 nitrogen and oxygen atoms in total. The highest BCUT2D eigenvalue weighted by Gasteiger charge is 2.21. The second kappa shape index (κ2) is 9.77. The van der Waals surface area contributed by atoms with Crippen molar-refractivity contribution in [2.24, 2.45) is 0 Å². The van der Waals surface area contributed by atoms with Crippen LogP contribution in [0.1, 0.15) is 17.3 Å². The van der Waals surface area contributed by atoms with E-state index in [4.69, 9.17) is 9.72 Å². The predicted molar refractivity (Wildman–Crippen MR) is 136 cm³/mol. The van der Waals surface area contributed by atoms with Crippen molar-refractivity contribution in [3.63, 3.8) is 0 Å². The molecule has 1 amide bonds. The van der Waals surface area contributed by atoms with Crippen LogP contribution in [-0.4, -0.2) is 61.7 Å². The van der Waals surface area contributed by atoms with Gasteiger partial charge in [0.05, 0.1) is 11.3 Å². The number of piperazine rings is 1. The van der Waals surface area contributed by atoms with Gasteiger partial charge in [-0.1, -0.05) is 53.8 Å². The van der Waals surface area contributed by atoms with Crippen molar-refractivity contribution in [3.8, 4) is 5.75 Å². The lowest BCUT2D eigenvalue weighted by atomic mass is 10.0. The average molecular weight is 461 g/mol. The van der Waals surface area contributed by atoms with Crippen LogP contribution in [0.5, 0.6) is 5.75 Å². The molecule has 170 valence electrons. The molecule has 7 heteroatoms. The number of carbonyl (C=O) groups is 1. The van der Waals surface area contributed by atoms with Crippen molar-refractivity contribution in [1.29, 1.82) is 0 Å². The highest BCUT2D eigenvalue weighted by atomic mass is 32.1. The van der Waals surface area contributed by atoms with Crippen LogP contribution in [0.4, 0.5) is 5.13 Å². The lowest BCUT2D eigenvalue weighted by Crippen LogP contribution is -2.48. The number of anilines is 1. The Balaban J connectivity index is 1.14. The number of nitrogens with zero attached hydrogens (tertiary/aromatic N) is 3. The zero-order valence-corrected chi connectivity index (χ0v) is 19.6. The summed E-state index contributed by atoms with van der Waals surface area (Å²) < 4.78 is 6.90. The van der Waals surface area contributed by atoms with Gasteiger partial charge < -0.3 is 15.0 Å². The highest BCUT2D eigenvalue weighted by Crippen LogP contribution is 2.34. The quantitative estimate of drug-likeness (QED) is 0.443. The average Bonchev–Trinajstić information content (AvgIpc) is 3.30. The molecule has 5 rings (SSSR count). The van der Waals surface area contributed by atoms with Crippen LogP contribution in [0.15, 0.2) is 60.7 Å². The van der Waals surface area contributed by atoms with Gasteiger partial charge in [-0.3, -0.25) is 9.69 Å². The molecule has 1 aliphatic heterocycles. The van der Waals surface area contributed by atoms with E-state index in [0.717, 1.165) is 70.2 Å². The lowest BCUT2D eigenvalue weighted by Gasteiger charge is -2.34. The number of hydrogen-bond acceptors (Lipinski definition) is 6. The molecule has 0 radical (unpaired) electrons. The third-order valence-corrected chi connectivity index (χ3v) is 7.14. The van der Waals surface area contributed by atoms with Crippen LogP contribution in [0.3, 0.4) is 0 Å². The monoisotopic (exact) mass is 460 g/mol. The first kappa shape index (κ1) is 21.7. The number of benzene rings is 3. The molecule has 1 saturated heterocycles. The van der Waals surface area contributed by atoms with Gasteiger partial charge in [-0.05, 0) is 35.9 Å². The molecule has 0 bridgehead atoms. The van der Waals surface area contributed by atoms with Crippen LogP contribution in [0.2, 0.25) is 0 Å². The maximum atomic E-state index is 12.7. The first-order chi connectivity index (χ1) is 16.2. The molecule has 0 saturated carbocycles. The fraction of sp³-hybridized carbons (Fsp3) is 0.308. The van der Waals surface area contributed by atoms with E-state index in [2.05, 4.69) is 21.2 Å². The minimum absolute atomic E-state index is 0.00925. The maximum Gasteiger partial charge on any atom is 0.251 e. The van der Waals surface area contributed by atoms with Crippen molar-refractivity contribution in [1.82, 2.24) is 15.2 Å². The largest absolute Gasteiger partial charge is 0.492 e. The number of hydrogen-bond donors (Lipinski definition) is 1. The summed E-state index contributed by atoms with van der Waals surface area (Å²) in [5.41, 5.74) is 1.69. The Kier molecular flexibility index (Phi) is 6.41. The summed E-state index contributed by atoms with van der Waals surface area (Å²) in [5.74, 6) is 0.850. The molecule has 0 atom stereocenters. The number of rotatable bonds is 7. The molecular weight excluding hydrogens is 432 g/mol. The molecule has 1 fully saturated rings. The molecule has 1 aromatic heterocycles. The molecule has 0 aliphatic carbocycles. The summed E-state index contributed by atoms with van der Waals surface area (Å²) in [6, 6.07) is 20.0. The van der Waals surface area contributed by atoms with E-state index in [1.165, 1.54) is 0 Å². The Morgan fingerprint density at radius 2 is 1.82 bits per heavy atom. The SMILES string of the molecule is CCOc1cccc2sc(N3CCN(CCNC(=O)c4cccc5ccccc45)CC3)nc12. The van der Waals surface area contributed by atoms with Crippen molar-refractivity contribution in [2.75, 3.05) is 50.8 Å². The third-order valence-electron chi connectivity index (χ3n) is 6.06.